The lowest BCUT2D eigenvalue weighted by Gasteiger charge is -2.14. The van der Waals surface area contributed by atoms with Gasteiger partial charge in [-0.15, -0.1) is 0 Å². The van der Waals surface area contributed by atoms with Crippen molar-refractivity contribution in [2.45, 2.75) is 12.3 Å². The highest BCUT2D eigenvalue weighted by molar-refractivity contribution is 7.88. The van der Waals surface area contributed by atoms with Gasteiger partial charge in [0.15, 0.2) is 5.82 Å². The number of sulfonamides is 1. The van der Waals surface area contributed by atoms with Crippen molar-refractivity contribution >= 4 is 26.7 Å². The molecule has 0 aliphatic heterocycles. The van der Waals surface area contributed by atoms with Crippen molar-refractivity contribution in [3.8, 4) is 22.5 Å². The number of aromatic nitrogens is 4. The fraction of sp³-hybridized carbons (Fsp3) is 0.0769. The number of nitrogens with two attached hydrogens (primary N) is 1. The summed E-state index contributed by atoms with van der Waals surface area (Å²) in [7, 11) is -3.69. The number of pyridine rings is 2. The summed E-state index contributed by atoms with van der Waals surface area (Å²) in [5.41, 5.74) is 4.73. The second-order valence-corrected chi connectivity index (χ2v) is 9.64. The molecule has 0 amide bonds. The largest absolute Gasteiger partial charge is 0.364 e. The van der Waals surface area contributed by atoms with Gasteiger partial charge < -0.3 is 5.32 Å². The van der Waals surface area contributed by atoms with Crippen LogP contribution in [0.2, 0.25) is 0 Å². The van der Waals surface area contributed by atoms with Crippen molar-refractivity contribution in [1.29, 1.82) is 0 Å². The van der Waals surface area contributed by atoms with Gasteiger partial charge in [0.1, 0.15) is 5.82 Å². The fourth-order valence-electron chi connectivity index (χ4n) is 3.90. The minimum Gasteiger partial charge on any atom is -0.364 e. The Bertz CT molecular complexity index is 1590. The number of nitrogens with zero attached hydrogens (tertiary/aromatic N) is 4. The van der Waals surface area contributed by atoms with E-state index in [1.54, 1.807) is 18.5 Å². The Labute approximate surface area is 203 Å². The number of rotatable bonds is 7. The SMILES string of the molecule is NS(=O)(=O)Cc1cncc(-c2nc(NCc3ccccn3)c3c(-c4ccccc4)cccc3n2)c1. The van der Waals surface area contributed by atoms with E-state index in [0.717, 1.165) is 27.7 Å². The predicted molar refractivity (Wildman–Crippen MR) is 137 cm³/mol. The molecular weight excluding hydrogens is 460 g/mol. The lowest BCUT2D eigenvalue weighted by atomic mass is 10.0. The molecule has 3 N–H and O–H groups in total. The molecule has 0 radical (unpaired) electrons. The smallest absolute Gasteiger partial charge is 0.213 e. The number of anilines is 1. The Kier molecular flexibility index (Phi) is 6.17. The molecule has 9 heteroatoms. The van der Waals surface area contributed by atoms with E-state index < -0.39 is 10.0 Å². The van der Waals surface area contributed by atoms with E-state index in [-0.39, 0.29) is 5.75 Å². The van der Waals surface area contributed by atoms with Crippen molar-refractivity contribution < 1.29 is 8.42 Å². The van der Waals surface area contributed by atoms with Crippen LogP contribution in [0.1, 0.15) is 11.3 Å². The molecule has 5 aromatic rings. The molecule has 0 saturated carbocycles. The zero-order valence-electron chi connectivity index (χ0n) is 18.7. The lowest BCUT2D eigenvalue weighted by molar-refractivity contribution is 0.597. The number of benzene rings is 2. The molecule has 0 fully saturated rings. The van der Waals surface area contributed by atoms with Crippen LogP contribution in [0.25, 0.3) is 33.4 Å². The summed E-state index contributed by atoms with van der Waals surface area (Å²) in [5, 5.41) is 9.53. The number of hydrogen-bond acceptors (Lipinski definition) is 7. The number of nitrogens with one attached hydrogen (secondary N) is 1. The lowest BCUT2D eigenvalue weighted by Crippen LogP contribution is -2.14. The summed E-state index contributed by atoms with van der Waals surface area (Å²) >= 11 is 0. The van der Waals surface area contributed by atoms with Gasteiger partial charge in [0.2, 0.25) is 10.0 Å². The molecule has 174 valence electrons. The maximum atomic E-state index is 11.6. The summed E-state index contributed by atoms with van der Waals surface area (Å²) in [5.74, 6) is 0.756. The van der Waals surface area contributed by atoms with Gasteiger partial charge in [0, 0.05) is 24.2 Å². The maximum Gasteiger partial charge on any atom is 0.213 e. The van der Waals surface area contributed by atoms with E-state index in [4.69, 9.17) is 15.1 Å². The van der Waals surface area contributed by atoms with Crippen molar-refractivity contribution in [3.63, 3.8) is 0 Å². The van der Waals surface area contributed by atoms with Crippen LogP contribution in [-0.4, -0.2) is 28.4 Å². The predicted octanol–water partition coefficient (Wildman–Crippen LogP) is 4.15. The molecular formula is C26H22N6O2S. The van der Waals surface area contributed by atoms with E-state index in [1.165, 1.54) is 6.20 Å². The van der Waals surface area contributed by atoms with Crippen molar-refractivity contribution in [2.75, 3.05) is 5.32 Å². The highest BCUT2D eigenvalue weighted by atomic mass is 32.2. The van der Waals surface area contributed by atoms with Crippen molar-refractivity contribution in [1.82, 2.24) is 19.9 Å². The Hall–Kier alpha value is -4.21. The standard InChI is InChI=1S/C26H22N6O2S/c27-35(33,34)17-18-13-20(15-28-14-18)25-31-23-11-6-10-22(19-7-2-1-3-8-19)24(23)26(32-25)30-16-21-9-4-5-12-29-21/h1-15H,16-17H2,(H2,27,33,34)(H,30,31,32). The average Bonchev–Trinajstić information content (AvgIpc) is 2.87. The van der Waals surface area contributed by atoms with Gasteiger partial charge in [-0.25, -0.2) is 23.5 Å². The quantitative estimate of drug-likeness (QED) is 0.357. The number of primary sulfonamides is 1. The van der Waals surface area contributed by atoms with Gasteiger partial charge in [0.25, 0.3) is 0 Å². The van der Waals surface area contributed by atoms with E-state index in [9.17, 15) is 8.42 Å². The molecule has 2 aromatic carbocycles. The van der Waals surface area contributed by atoms with Crippen LogP contribution in [0.4, 0.5) is 5.82 Å². The summed E-state index contributed by atoms with van der Waals surface area (Å²) in [4.78, 5) is 18.2. The van der Waals surface area contributed by atoms with E-state index in [1.807, 2.05) is 66.7 Å². The monoisotopic (exact) mass is 482 g/mol. The number of fused-ring (bicyclic) bond motifs is 1. The fourth-order valence-corrected chi connectivity index (χ4v) is 4.52. The summed E-state index contributed by atoms with van der Waals surface area (Å²) in [6, 6.07) is 23.4. The minimum atomic E-state index is -3.69. The molecule has 5 rings (SSSR count). The zero-order chi connectivity index (χ0) is 24.3. The van der Waals surface area contributed by atoms with E-state index >= 15 is 0 Å². The van der Waals surface area contributed by atoms with Gasteiger partial charge in [-0.05, 0) is 41.0 Å². The second-order valence-electron chi connectivity index (χ2n) is 8.03. The molecule has 0 spiro atoms. The highest BCUT2D eigenvalue weighted by Crippen LogP contribution is 2.34. The van der Waals surface area contributed by atoms with Crippen LogP contribution in [0.15, 0.2) is 91.4 Å². The van der Waals surface area contributed by atoms with Crippen LogP contribution >= 0.6 is 0 Å². The molecule has 0 aliphatic carbocycles. The second kappa shape index (κ2) is 9.57. The minimum absolute atomic E-state index is 0.315. The molecule has 8 nitrogen and oxygen atoms in total. The van der Waals surface area contributed by atoms with Crippen LogP contribution in [0.3, 0.4) is 0 Å². The molecule has 3 aromatic heterocycles. The third-order valence-corrected chi connectivity index (χ3v) is 6.13. The molecule has 3 heterocycles. The summed E-state index contributed by atoms with van der Waals surface area (Å²) in [6.45, 7) is 0.471. The molecule has 35 heavy (non-hydrogen) atoms. The van der Waals surface area contributed by atoms with E-state index in [0.29, 0.717) is 29.3 Å². The summed E-state index contributed by atoms with van der Waals surface area (Å²) in [6.07, 6.45) is 4.83. The Morgan fingerprint density at radius 2 is 1.69 bits per heavy atom. The highest BCUT2D eigenvalue weighted by Gasteiger charge is 2.15. The topological polar surface area (TPSA) is 124 Å². The first kappa shape index (κ1) is 22.6. The molecule has 0 aliphatic rings. The van der Waals surface area contributed by atoms with Crippen LogP contribution in [-0.2, 0) is 22.3 Å². The van der Waals surface area contributed by atoms with Crippen LogP contribution in [0, 0.1) is 0 Å². The van der Waals surface area contributed by atoms with Crippen LogP contribution < -0.4 is 10.5 Å². The summed E-state index contributed by atoms with van der Waals surface area (Å²) < 4.78 is 23.1. The van der Waals surface area contributed by atoms with E-state index in [2.05, 4.69) is 15.3 Å². The first-order valence-corrected chi connectivity index (χ1v) is 12.6. The third kappa shape index (κ3) is 5.32. The Morgan fingerprint density at radius 1 is 0.857 bits per heavy atom. The Morgan fingerprint density at radius 3 is 2.46 bits per heavy atom. The van der Waals surface area contributed by atoms with Gasteiger partial charge in [0.05, 0.1) is 28.9 Å². The van der Waals surface area contributed by atoms with Crippen molar-refractivity contribution in [2.24, 2.45) is 5.14 Å². The maximum absolute atomic E-state index is 11.6. The van der Waals surface area contributed by atoms with Crippen molar-refractivity contribution in [3.05, 3.63) is 103 Å². The van der Waals surface area contributed by atoms with Gasteiger partial charge >= 0.3 is 0 Å². The van der Waals surface area contributed by atoms with Crippen LogP contribution in [0.5, 0.6) is 0 Å². The molecule has 0 bridgehead atoms. The average molecular weight is 483 g/mol. The van der Waals surface area contributed by atoms with Gasteiger partial charge in [-0.2, -0.15) is 0 Å². The first-order chi connectivity index (χ1) is 17.0. The normalized spacial score (nSPS) is 11.5. The third-order valence-electron chi connectivity index (χ3n) is 5.39. The molecule has 0 atom stereocenters. The van der Waals surface area contributed by atoms with Gasteiger partial charge in [-0.3, -0.25) is 9.97 Å². The molecule has 0 saturated heterocycles. The Balaban J connectivity index is 1.65. The van der Waals surface area contributed by atoms with Gasteiger partial charge in [-0.1, -0.05) is 48.5 Å². The first-order valence-electron chi connectivity index (χ1n) is 10.9. The molecule has 0 unspecified atom stereocenters. The number of hydrogen-bond donors (Lipinski definition) is 2. The zero-order valence-corrected chi connectivity index (χ0v) is 19.5.